The van der Waals surface area contributed by atoms with Crippen molar-refractivity contribution in [3.05, 3.63) is 41.2 Å². The first-order valence-corrected chi connectivity index (χ1v) is 6.52. The lowest BCUT2D eigenvalue weighted by molar-refractivity contribution is 0.102. The van der Waals surface area contributed by atoms with Crippen molar-refractivity contribution in [2.75, 3.05) is 5.32 Å². The molecule has 2 rings (SSSR count). The van der Waals surface area contributed by atoms with Crippen LogP contribution in [0.3, 0.4) is 0 Å². The summed E-state index contributed by atoms with van der Waals surface area (Å²) in [7, 11) is 1.76. The third kappa shape index (κ3) is 2.82. The number of benzene rings is 1. The fourth-order valence-corrected chi connectivity index (χ4v) is 2.04. The normalized spacial score (nSPS) is 10.8. The van der Waals surface area contributed by atoms with Crippen molar-refractivity contribution in [3.63, 3.8) is 0 Å². The number of hydrogen-bond acceptors (Lipinski definition) is 3. The minimum Gasteiger partial charge on any atom is -0.508 e. The second-order valence-corrected chi connectivity index (χ2v) is 5.24. The fourth-order valence-electron chi connectivity index (χ4n) is 2.04. The molecule has 0 saturated heterocycles. The van der Waals surface area contributed by atoms with Gasteiger partial charge in [0, 0.05) is 18.9 Å². The third-order valence-electron chi connectivity index (χ3n) is 3.21. The van der Waals surface area contributed by atoms with Crippen molar-refractivity contribution in [2.24, 2.45) is 7.05 Å². The Morgan fingerprint density at radius 2 is 2.10 bits per heavy atom. The Morgan fingerprint density at radius 3 is 2.65 bits per heavy atom. The van der Waals surface area contributed by atoms with Crippen LogP contribution in [0.4, 0.5) is 5.69 Å². The zero-order chi connectivity index (χ0) is 14.9. The monoisotopic (exact) mass is 273 g/mol. The zero-order valence-electron chi connectivity index (χ0n) is 12.1. The van der Waals surface area contributed by atoms with E-state index in [9.17, 15) is 9.90 Å². The molecule has 1 amide bonds. The summed E-state index contributed by atoms with van der Waals surface area (Å²) in [5.41, 5.74) is 2.85. The number of rotatable bonds is 3. The van der Waals surface area contributed by atoms with Gasteiger partial charge >= 0.3 is 0 Å². The van der Waals surface area contributed by atoms with E-state index in [-0.39, 0.29) is 17.6 Å². The van der Waals surface area contributed by atoms with E-state index < -0.39 is 0 Å². The van der Waals surface area contributed by atoms with Gasteiger partial charge < -0.3 is 10.4 Å². The van der Waals surface area contributed by atoms with E-state index in [0.717, 1.165) is 11.1 Å². The number of phenols is 1. The lowest BCUT2D eigenvalue weighted by atomic mass is 9.99. The Balaban J connectivity index is 2.29. The molecule has 1 aromatic carbocycles. The molecule has 0 unspecified atom stereocenters. The number of anilines is 1. The molecule has 1 aromatic heterocycles. The van der Waals surface area contributed by atoms with Gasteiger partial charge in [-0.15, -0.1) is 0 Å². The Bertz CT molecular complexity index is 645. The molecule has 0 radical (unpaired) electrons. The van der Waals surface area contributed by atoms with Crippen molar-refractivity contribution < 1.29 is 9.90 Å². The van der Waals surface area contributed by atoms with Crippen LogP contribution in [-0.4, -0.2) is 20.8 Å². The molecule has 20 heavy (non-hydrogen) atoms. The van der Waals surface area contributed by atoms with E-state index in [1.54, 1.807) is 24.0 Å². The number of aromatic hydroxyl groups is 1. The Labute approximate surface area is 118 Å². The van der Waals surface area contributed by atoms with Gasteiger partial charge in [0.05, 0.1) is 11.8 Å². The standard InChI is InChI=1S/C15H19N3O2/c1-9(2)12-6-13(10(3)5-14(12)19)17-15(20)11-7-16-18(4)8-11/h5-9,19H,1-4H3,(H,17,20). The summed E-state index contributed by atoms with van der Waals surface area (Å²) in [5, 5.41) is 16.8. The van der Waals surface area contributed by atoms with E-state index >= 15 is 0 Å². The molecule has 0 aliphatic carbocycles. The summed E-state index contributed by atoms with van der Waals surface area (Å²) in [6.45, 7) is 5.84. The summed E-state index contributed by atoms with van der Waals surface area (Å²) in [4.78, 5) is 12.1. The molecule has 5 nitrogen and oxygen atoms in total. The van der Waals surface area contributed by atoms with Gasteiger partial charge in [-0.2, -0.15) is 5.10 Å². The lowest BCUT2D eigenvalue weighted by Gasteiger charge is -2.14. The number of aromatic nitrogens is 2. The van der Waals surface area contributed by atoms with E-state index in [1.807, 2.05) is 26.8 Å². The molecule has 2 N–H and O–H groups in total. The van der Waals surface area contributed by atoms with Crippen LogP contribution < -0.4 is 5.32 Å². The molecule has 0 aliphatic heterocycles. The van der Waals surface area contributed by atoms with Gasteiger partial charge in [-0.25, -0.2) is 0 Å². The first-order chi connectivity index (χ1) is 9.38. The van der Waals surface area contributed by atoms with Crippen molar-refractivity contribution in [1.29, 1.82) is 0 Å². The fraction of sp³-hybridized carbons (Fsp3) is 0.333. The minimum atomic E-state index is -0.207. The molecule has 1 heterocycles. The molecule has 5 heteroatoms. The molecule has 0 aliphatic rings. The topological polar surface area (TPSA) is 67.2 Å². The van der Waals surface area contributed by atoms with E-state index in [4.69, 9.17) is 0 Å². The summed E-state index contributed by atoms with van der Waals surface area (Å²) >= 11 is 0. The number of nitrogens with one attached hydrogen (secondary N) is 1. The molecule has 0 atom stereocenters. The number of carbonyl (C=O) groups excluding carboxylic acids is 1. The Hall–Kier alpha value is -2.30. The number of nitrogens with zero attached hydrogens (tertiary/aromatic N) is 2. The van der Waals surface area contributed by atoms with Gasteiger partial charge in [0.25, 0.3) is 5.91 Å². The first-order valence-electron chi connectivity index (χ1n) is 6.52. The predicted molar refractivity (Wildman–Crippen MR) is 78.1 cm³/mol. The molecule has 0 saturated carbocycles. The van der Waals surface area contributed by atoms with Crippen molar-refractivity contribution in [3.8, 4) is 5.75 Å². The van der Waals surface area contributed by atoms with Crippen LogP contribution in [0.5, 0.6) is 5.75 Å². The second kappa shape index (κ2) is 5.36. The van der Waals surface area contributed by atoms with Gasteiger partial charge in [-0.05, 0) is 36.1 Å². The quantitative estimate of drug-likeness (QED) is 0.845. The molecular weight excluding hydrogens is 254 g/mol. The highest BCUT2D eigenvalue weighted by Crippen LogP contribution is 2.31. The van der Waals surface area contributed by atoms with Crippen molar-refractivity contribution in [2.45, 2.75) is 26.7 Å². The van der Waals surface area contributed by atoms with E-state index in [0.29, 0.717) is 11.3 Å². The molecule has 0 bridgehead atoms. The van der Waals surface area contributed by atoms with Crippen molar-refractivity contribution in [1.82, 2.24) is 9.78 Å². The van der Waals surface area contributed by atoms with Crippen molar-refractivity contribution >= 4 is 11.6 Å². The first kappa shape index (κ1) is 14.1. The van der Waals surface area contributed by atoms with Crippen LogP contribution in [-0.2, 0) is 7.05 Å². The molecule has 0 spiro atoms. The van der Waals surface area contributed by atoms with Gasteiger partial charge in [-0.1, -0.05) is 13.8 Å². The minimum absolute atomic E-state index is 0.185. The maximum absolute atomic E-state index is 12.1. The predicted octanol–water partition coefficient (Wildman–Crippen LogP) is 2.81. The smallest absolute Gasteiger partial charge is 0.258 e. The van der Waals surface area contributed by atoms with Crippen LogP contribution >= 0.6 is 0 Å². The molecule has 2 aromatic rings. The zero-order valence-corrected chi connectivity index (χ0v) is 12.1. The number of hydrogen-bond donors (Lipinski definition) is 2. The molecular formula is C15H19N3O2. The number of carbonyl (C=O) groups is 1. The highest BCUT2D eigenvalue weighted by atomic mass is 16.3. The highest BCUT2D eigenvalue weighted by molar-refractivity contribution is 6.04. The largest absolute Gasteiger partial charge is 0.508 e. The van der Waals surface area contributed by atoms with Gasteiger partial charge in [0.2, 0.25) is 0 Å². The molecule has 0 fully saturated rings. The third-order valence-corrected chi connectivity index (χ3v) is 3.21. The summed E-state index contributed by atoms with van der Waals surface area (Å²) in [6.07, 6.45) is 3.18. The summed E-state index contributed by atoms with van der Waals surface area (Å²) in [6, 6.07) is 3.50. The maximum atomic E-state index is 12.1. The maximum Gasteiger partial charge on any atom is 0.258 e. The van der Waals surface area contributed by atoms with E-state index in [1.165, 1.54) is 6.20 Å². The summed E-state index contributed by atoms with van der Waals surface area (Å²) < 4.78 is 1.58. The van der Waals surface area contributed by atoms with Crippen LogP contribution in [0.2, 0.25) is 0 Å². The number of amides is 1. The van der Waals surface area contributed by atoms with Crippen LogP contribution in [0.1, 0.15) is 41.3 Å². The average molecular weight is 273 g/mol. The van der Waals surface area contributed by atoms with Gasteiger partial charge in [-0.3, -0.25) is 9.48 Å². The highest BCUT2D eigenvalue weighted by Gasteiger charge is 2.13. The SMILES string of the molecule is Cc1cc(O)c(C(C)C)cc1NC(=O)c1cnn(C)c1. The lowest BCUT2D eigenvalue weighted by Crippen LogP contribution is -2.12. The second-order valence-electron chi connectivity index (χ2n) is 5.24. The Morgan fingerprint density at radius 1 is 1.40 bits per heavy atom. The van der Waals surface area contributed by atoms with Gasteiger partial charge in [0.15, 0.2) is 0 Å². The van der Waals surface area contributed by atoms with E-state index in [2.05, 4.69) is 10.4 Å². The average Bonchev–Trinajstić information content (AvgIpc) is 2.79. The van der Waals surface area contributed by atoms with Crippen LogP contribution in [0.15, 0.2) is 24.5 Å². The van der Waals surface area contributed by atoms with Crippen LogP contribution in [0.25, 0.3) is 0 Å². The number of aryl methyl sites for hydroxylation is 2. The summed E-state index contributed by atoms with van der Waals surface area (Å²) in [5.74, 6) is 0.239. The van der Waals surface area contributed by atoms with Crippen LogP contribution in [0, 0.1) is 6.92 Å². The van der Waals surface area contributed by atoms with Gasteiger partial charge in [0.1, 0.15) is 5.75 Å². The molecule has 106 valence electrons. The Kier molecular flexibility index (Phi) is 3.79. The number of phenolic OH excluding ortho intramolecular Hbond substituents is 1.